The van der Waals surface area contributed by atoms with E-state index in [1.54, 1.807) is 6.07 Å². The molecule has 1 aromatic carbocycles. The zero-order valence-corrected chi connectivity index (χ0v) is 10.8. The van der Waals surface area contributed by atoms with Gasteiger partial charge in [-0.3, -0.25) is 10.1 Å². The SMILES string of the molecule is O=[N+]([O-])c1ccc(COc2cccc3c2NCCC3)o1. The van der Waals surface area contributed by atoms with Crippen molar-refractivity contribution in [3.63, 3.8) is 0 Å². The van der Waals surface area contributed by atoms with E-state index in [2.05, 4.69) is 11.4 Å². The molecule has 1 aliphatic rings. The number of anilines is 1. The van der Waals surface area contributed by atoms with Crippen LogP contribution in [-0.4, -0.2) is 11.5 Å². The molecule has 0 saturated heterocycles. The summed E-state index contributed by atoms with van der Waals surface area (Å²) < 4.78 is 10.8. The third kappa shape index (κ3) is 2.45. The van der Waals surface area contributed by atoms with Crippen LogP contribution in [0, 0.1) is 10.1 Å². The van der Waals surface area contributed by atoms with Gasteiger partial charge >= 0.3 is 5.88 Å². The Morgan fingerprint density at radius 1 is 1.35 bits per heavy atom. The molecule has 0 bridgehead atoms. The van der Waals surface area contributed by atoms with Crippen LogP contribution in [0.3, 0.4) is 0 Å². The first-order valence-corrected chi connectivity index (χ1v) is 6.46. The van der Waals surface area contributed by atoms with Crippen molar-refractivity contribution in [2.45, 2.75) is 19.4 Å². The maximum atomic E-state index is 10.5. The Labute approximate surface area is 115 Å². The summed E-state index contributed by atoms with van der Waals surface area (Å²) in [6.07, 6.45) is 2.15. The Kier molecular flexibility index (Phi) is 3.28. The molecular formula is C14H14N2O4. The number of rotatable bonds is 4. The highest BCUT2D eigenvalue weighted by molar-refractivity contribution is 5.63. The molecule has 6 nitrogen and oxygen atoms in total. The van der Waals surface area contributed by atoms with Crippen molar-refractivity contribution in [1.29, 1.82) is 0 Å². The Morgan fingerprint density at radius 3 is 3.05 bits per heavy atom. The number of ether oxygens (including phenoxy) is 1. The molecule has 0 saturated carbocycles. The lowest BCUT2D eigenvalue weighted by Gasteiger charge is -2.20. The summed E-state index contributed by atoms with van der Waals surface area (Å²) in [7, 11) is 0. The summed E-state index contributed by atoms with van der Waals surface area (Å²) in [4.78, 5) is 9.98. The van der Waals surface area contributed by atoms with Crippen molar-refractivity contribution in [1.82, 2.24) is 0 Å². The summed E-state index contributed by atoms with van der Waals surface area (Å²) in [6.45, 7) is 1.10. The van der Waals surface area contributed by atoms with Gasteiger partial charge in [0.15, 0.2) is 0 Å². The molecule has 6 heteroatoms. The normalized spacial score (nSPS) is 13.4. The van der Waals surface area contributed by atoms with Crippen molar-refractivity contribution >= 4 is 11.6 Å². The molecule has 3 rings (SSSR count). The molecule has 0 atom stereocenters. The van der Waals surface area contributed by atoms with Crippen molar-refractivity contribution < 1.29 is 14.1 Å². The fourth-order valence-corrected chi connectivity index (χ4v) is 2.29. The molecule has 1 aliphatic heterocycles. The molecule has 2 heterocycles. The van der Waals surface area contributed by atoms with E-state index >= 15 is 0 Å². The van der Waals surface area contributed by atoms with Crippen LogP contribution in [0.5, 0.6) is 5.75 Å². The highest BCUT2D eigenvalue weighted by Crippen LogP contribution is 2.32. The number of nitrogens with one attached hydrogen (secondary N) is 1. The predicted octanol–water partition coefficient (Wildman–Crippen LogP) is 3.12. The molecule has 0 radical (unpaired) electrons. The van der Waals surface area contributed by atoms with E-state index in [1.807, 2.05) is 12.1 Å². The number of nitro groups is 1. The number of hydrogen-bond donors (Lipinski definition) is 1. The van der Waals surface area contributed by atoms with Gasteiger partial charge in [-0.15, -0.1) is 0 Å². The lowest BCUT2D eigenvalue weighted by molar-refractivity contribution is -0.402. The van der Waals surface area contributed by atoms with Crippen molar-refractivity contribution in [2.24, 2.45) is 0 Å². The van der Waals surface area contributed by atoms with Gasteiger partial charge in [-0.05, 0) is 30.5 Å². The molecule has 20 heavy (non-hydrogen) atoms. The fourth-order valence-electron chi connectivity index (χ4n) is 2.29. The standard InChI is InChI=1S/C14H14N2O4/c17-16(18)13-7-6-11(20-13)9-19-12-5-1-3-10-4-2-8-15-14(10)12/h1,3,5-7,15H,2,4,8-9H2. The van der Waals surface area contributed by atoms with Crippen LogP contribution in [0.1, 0.15) is 17.7 Å². The number of hydrogen-bond acceptors (Lipinski definition) is 5. The second-order valence-corrected chi connectivity index (χ2v) is 4.61. The van der Waals surface area contributed by atoms with Gasteiger partial charge in [-0.2, -0.15) is 0 Å². The molecule has 0 fully saturated rings. The lowest BCUT2D eigenvalue weighted by atomic mass is 10.0. The van der Waals surface area contributed by atoms with E-state index in [4.69, 9.17) is 9.15 Å². The quantitative estimate of drug-likeness (QED) is 0.684. The second-order valence-electron chi connectivity index (χ2n) is 4.61. The third-order valence-corrected chi connectivity index (χ3v) is 3.23. The topological polar surface area (TPSA) is 77.5 Å². The van der Waals surface area contributed by atoms with E-state index in [0.29, 0.717) is 5.76 Å². The smallest absolute Gasteiger partial charge is 0.433 e. The molecule has 2 aromatic rings. The molecule has 0 unspecified atom stereocenters. The maximum absolute atomic E-state index is 10.5. The summed E-state index contributed by atoms with van der Waals surface area (Å²) >= 11 is 0. The molecule has 0 spiro atoms. The maximum Gasteiger partial charge on any atom is 0.433 e. The first-order chi connectivity index (χ1) is 9.74. The van der Waals surface area contributed by atoms with Crippen molar-refractivity contribution in [3.8, 4) is 5.75 Å². The highest BCUT2D eigenvalue weighted by Gasteiger charge is 2.15. The van der Waals surface area contributed by atoms with Gasteiger partial charge in [0.1, 0.15) is 23.0 Å². The fraction of sp³-hybridized carbons (Fsp3) is 0.286. The summed E-state index contributed by atoms with van der Waals surface area (Å²) in [6, 6.07) is 8.80. The number of aryl methyl sites for hydroxylation is 1. The van der Waals surface area contributed by atoms with Crippen LogP contribution < -0.4 is 10.1 Å². The third-order valence-electron chi connectivity index (χ3n) is 3.23. The average Bonchev–Trinajstić information content (AvgIpc) is 2.94. The minimum atomic E-state index is -0.560. The zero-order chi connectivity index (χ0) is 13.9. The van der Waals surface area contributed by atoms with Crippen LogP contribution in [0.15, 0.2) is 34.7 Å². The molecule has 1 N–H and O–H groups in total. The Balaban J connectivity index is 1.73. The summed E-state index contributed by atoms with van der Waals surface area (Å²) in [5.74, 6) is 0.920. The van der Waals surface area contributed by atoms with Crippen LogP contribution in [-0.2, 0) is 13.0 Å². The summed E-state index contributed by atoms with van der Waals surface area (Å²) in [5.41, 5.74) is 2.25. The molecular weight excluding hydrogens is 260 g/mol. The predicted molar refractivity (Wildman–Crippen MR) is 72.9 cm³/mol. The molecule has 104 valence electrons. The minimum absolute atomic E-state index is 0.173. The van der Waals surface area contributed by atoms with E-state index in [-0.39, 0.29) is 12.5 Å². The average molecular weight is 274 g/mol. The largest absolute Gasteiger partial charge is 0.483 e. The van der Waals surface area contributed by atoms with Gasteiger partial charge in [0.25, 0.3) is 0 Å². The van der Waals surface area contributed by atoms with Gasteiger partial charge in [-0.25, -0.2) is 0 Å². The Bertz CT molecular complexity index is 636. The van der Waals surface area contributed by atoms with Crippen LogP contribution in [0.25, 0.3) is 0 Å². The minimum Gasteiger partial charge on any atom is -0.483 e. The second kappa shape index (κ2) is 5.24. The molecule has 0 amide bonds. The van der Waals surface area contributed by atoms with Crippen LogP contribution >= 0.6 is 0 Å². The number of para-hydroxylation sites is 1. The monoisotopic (exact) mass is 274 g/mol. The first kappa shape index (κ1) is 12.5. The molecule has 1 aromatic heterocycles. The van der Waals surface area contributed by atoms with Gasteiger partial charge < -0.3 is 14.5 Å². The number of furan rings is 1. The number of nitrogens with zero attached hydrogens (tertiary/aromatic N) is 1. The van der Waals surface area contributed by atoms with E-state index < -0.39 is 4.92 Å². The lowest BCUT2D eigenvalue weighted by Crippen LogP contribution is -2.13. The van der Waals surface area contributed by atoms with Gasteiger partial charge in [0.05, 0.1) is 11.8 Å². The highest BCUT2D eigenvalue weighted by atomic mass is 16.6. The number of fused-ring (bicyclic) bond motifs is 1. The van der Waals surface area contributed by atoms with E-state index in [0.717, 1.165) is 30.8 Å². The van der Waals surface area contributed by atoms with Crippen LogP contribution in [0.4, 0.5) is 11.6 Å². The van der Waals surface area contributed by atoms with Crippen molar-refractivity contribution in [2.75, 3.05) is 11.9 Å². The summed E-state index contributed by atoms with van der Waals surface area (Å²) in [5, 5.41) is 13.9. The van der Waals surface area contributed by atoms with Gasteiger partial charge in [0.2, 0.25) is 0 Å². The Morgan fingerprint density at radius 2 is 2.25 bits per heavy atom. The van der Waals surface area contributed by atoms with Gasteiger partial charge in [-0.1, -0.05) is 12.1 Å². The van der Waals surface area contributed by atoms with E-state index in [9.17, 15) is 10.1 Å². The number of benzene rings is 1. The Hall–Kier alpha value is -2.50. The van der Waals surface area contributed by atoms with E-state index in [1.165, 1.54) is 11.6 Å². The molecule has 0 aliphatic carbocycles. The van der Waals surface area contributed by atoms with Crippen LogP contribution in [0.2, 0.25) is 0 Å². The first-order valence-electron chi connectivity index (χ1n) is 6.46. The zero-order valence-electron chi connectivity index (χ0n) is 10.8. The van der Waals surface area contributed by atoms with Crippen molar-refractivity contribution in [3.05, 3.63) is 51.8 Å². The van der Waals surface area contributed by atoms with Gasteiger partial charge in [0, 0.05) is 6.54 Å².